The number of fused-ring (bicyclic) bond motifs is 1. The number of carbonyl (C=O) groups is 1. The lowest BCUT2D eigenvalue weighted by molar-refractivity contribution is -0.137. The molecule has 1 atom stereocenters. The van der Waals surface area contributed by atoms with Crippen LogP contribution in [0.1, 0.15) is 42.9 Å². The summed E-state index contributed by atoms with van der Waals surface area (Å²) in [5.41, 5.74) is -4.21. The highest BCUT2D eigenvalue weighted by Crippen LogP contribution is 2.55. The van der Waals surface area contributed by atoms with E-state index in [0.29, 0.717) is 17.7 Å². The normalized spacial score (nSPS) is 18.9. The Kier molecular flexibility index (Phi) is 5.61. The van der Waals surface area contributed by atoms with E-state index in [2.05, 4.69) is 17.2 Å². The maximum Gasteiger partial charge on any atom is 0.416 e. The number of carbonyl (C=O) groups excluding carboxylic acids is 1. The van der Waals surface area contributed by atoms with Crippen LogP contribution in [0.4, 0.5) is 23.2 Å². The van der Waals surface area contributed by atoms with Crippen molar-refractivity contribution in [1.29, 1.82) is 0 Å². The number of nitrogens with one attached hydrogen (secondary N) is 1. The third-order valence-corrected chi connectivity index (χ3v) is 7.50. The summed E-state index contributed by atoms with van der Waals surface area (Å²) in [6.45, 7) is 1.38. The van der Waals surface area contributed by atoms with Gasteiger partial charge in [-0.05, 0) is 73.4 Å². The van der Waals surface area contributed by atoms with Crippen molar-refractivity contribution in [3.63, 3.8) is 0 Å². The Morgan fingerprint density at radius 2 is 1.88 bits per heavy atom. The zero-order valence-electron chi connectivity index (χ0n) is 17.8. The Morgan fingerprint density at radius 3 is 2.50 bits per heavy atom. The number of amides is 1. The summed E-state index contributed by atoms with van der Waals surface area (Å²) in [5.74, 6) is 3.06. The van der Waals surface area contributed by atoms with Crippen LogP contribution in [0.15, 0.2) is 46.7 Å². The van der Waals surface area contributed by atoms with E-state index < -0.39 is 50.7 Å². The average molecular weight is 493 g/mol. The second-order valence-corrected chi connectivity index (χ2v) is 10.2. The first-order valence-corrected chi connectivity index (χ1v) is 11.8. The van der Waals surface area contributed by atoms with Gasteiger partial charge in [-0.25, -0.2) is 12.8 Å². The average Bonchev–Trinajstić information content (AvgIpc) is 3.45. The molecular weight excluding hydrogens is 474 g/mol. The fourth-order valence-corrected chi connectivity index (χ4v) is 5.35. The summed E-state index contributed by atoms with van der Waals surface area (Å²) in [6.07, 6.45) is -3.18. The van der Waals surface area contributed by atoms with E-state index in [9.17, 15) is 35.9 Å². The molecule has 1 heterocycles. The van der Waals surface area contributed by atoms with Crippen LogP contribution in [0, 0.1) is 17.7 Å². The number of sulfone groups is 1. The lowest BCUT2D eigenvalue weighted by Gasteiger charge is -2.28. The number of aliphatic hydroxyl groups is 1. The van der Waals surface area contributed by atoms with Crippen LogP contribution >= 0.6 is 0 Å². The lowest BCUT2D eigenvalue weighted by atomic mass is 9.82. The van der Waals surface area contributed by atoms with Crippen LogP contribution in [-0.2, 0) is 26.2 Å². The van der Waals surface area contributed by atoms with E-state index in [1.54, 1.807) is 0 Å². The van der Waals surface area contributed by atoms with Gasteiger partial charge in [0.05, 0.1) is 10.5 Å². The highest BCUT2D eigenvalue weighted by molar-refractivity contribution is 7.94. The van der Waals surface area contributed by atoms with Crippen molar-refractivity contribution in [2.24, 2.45) is 0 Å². The van der Waals surface area contributed by atoms with Gasteiger partial charge in [-0.15, -0.1) is 5.92 Å². The molecule has 1 aliphatic heterocycles. The van der Waals surface area contributed by atoms with Gasteiger partial charge in [-0.3, -0.25) is 4.79 Å². The summed E-state index contributed by atoms with van der Waals surface area (Å²) in [6, 6.07) is 6.16. The molecule has 0 aromatic heterocycles. The van der Waals surface area contributed by atoms with Crippen LogP contribution < -0.4 is 5.32 Å². The molecule has 1 fully saturated rings. The van der Waals surface area contributed by atoms with Crippen molar-refractivity contribution >= 4 is 27.5 Å². The maximum atomic E-state index is 14.6. The van der Waals surface area contributed by atoms with Crippen molar-refractivity contribution in [1.82, 2.24) is 0 Å². The minimum absolute atomic E-state index is 0.0751. The van der Waals surface area contributed by atoms with Gasteiger partial charge in [-0.1, -0.05) is 5.92 Å². The van der Waals surface area contributed by atoms with E-state index in [1.165, 1.54) is 31.2 Å². The number of benzene rings is 2. The minimum atomic E-state index is -4.68. The molecule has 0 saturated heterocycles. The molecule has 4 rings (SSSR count). The van der Waals surface area contributed by atoms with E-state index in [-0.39, 0.29) is 29.0 Å². The molecule has 2 aromatic carbocycles. The fraction of sp³-hybridized carbons (Fsp3) is 0.292. The quantitative estimate of drug-likeness (QED) is 0.477. The lowest BCUT2D eigenvalue weighted by Crippen LogP contribution is -2.44. The molecule has 5 nitrogen and oxygen atoms in total. The first kappa shape index (κ1) is 24.0. The molecule has 1 amide bonds. The summed E-state index contributed by atoms with van der Waals surface area (Å²) in [4.78, 5) is 13.1. The summed E-state index contributed by atoms with van der Waals surface area (Å²) >= 11 is 0. The predicted octanol–water partition coefficient (Wildman–Crippen LogP) is 4.42. The third kappa shape index (κ3) is 4.33. The Balaban J connectivity index is 1.63. The summed E-state index contributed by atoms with van der Waals surface area (Å²) in [5, 5.41) is 14.6. The molecule has 1 saturated carbocycles. The highest BCUT2D eigenvalue weighted by atomic mass is 32.2. The van der Waals surface area contributed by atoms with Crippen LogP contribution in [0.25, 0.3) is 6.08 Å². The van der Waals surface area contributed by atoms with Crippen LogP contribution in [0.3, 0.4) is 0 Å². The molecule has 0 radical (unpaired) electrons. The van der Waals surface area contributed by atoms with Gasteiger partial charge in [0.15, 0.2) is 9.84 Å². The Morgan fingerprint density at radius 1 is 1.18 bits per heavy atom. The molecule has 2 aromatic rings. The zero-order chi connectivity index (χ0) is 24.9. The molecule has 10 heteroatoms. The van der Waals surface area contributed by atoms with Gasteiger partial charge in [0, 0.05) is 22.9 Å². The van der Waals surface area contributed by atoms with Gasteiger partial charge in [0.1, 0.15) is 5.82 Å². The first-order valence-electron chi connectivity index (χ1n) is 10.2. The molecule has 2 aliphatic rings. The number of hydrogen-bond donors (Lipinski definition) is 2. The second-order valence-electron chi connectivity index (χ2n) is 8.44. The van der Waals surface area contributed by atoms with E-state index in [4.69, 9.17) is 0 Å². The number of anilines is 1. The summed E-state index contributed by atoms with van der Waals surface area (Å²) < 4.78 is 77.9. The van der Waals surface area contributed by atoms with Crippen LogP contribution in [0.2, 0.25) is 0 Å². The SMILES string of the molecule is CC#CC(O)(CC1(c2cc(C(F)(F)F)ccc2F)CC1)C(=O)Nc1ccc2c(c1)C=CS2(=O)=O. The van der Waals surface area contributed by atoms with Gasteiger partial charge in [0.2, 0.25) is 5.60 Å². The van der Waals surface area contributed by atoms with E-state index in [0.717, 1.165) is 11.5 Å². The van der Waals surface area contributed by atoms with Crippen LogP contribution in [0.5, 0.6) is 0 Å². The van der Waals surface area contributed by atoms with Gasteiger partial charge in [0.25, 0.3) is 5.91 Å². The molecule has 34 heavy (non-hydrogen) atoms. The first-order chi connectivity index (χ1) is 15.8. The van der Waals surface area contributed by atoms with E-state index in [1.807, 2.05) is 0 Å². The number of rotatable bonds is 5. The maximum absolute atomic E-state index is 14.6. The molecule has 2 N–H and O–H groups in total. The minimum Gasteiger partial charge on any atom is -0.369 e. The van der Waals surface area contributed by atoms with Gasteiger partial charge < -0.3 is 10.4 Å². The fourth-order valence-electron chi connectivity index (χ4n) is 4.16. The molecule has 0 bridgehead atoms. The number of hydrogen-bond acceptors (Lipinski definition) is 4. The molecule has 178 valence electrons. The van der Waals surface area contributed by atoms with Crippen molar-refractivity contribution in [3.05, 3.63) is 64.3 Å². The van der Waals surface area contributed by atoms with Crippen molar-refractivity contribution in [2.75, 3.05) is 5.32 Å². The highest BCUT2D eigenvalue weighted by Gasteiger charge is 2.53. The Bertz CT molecular complexity index is 1380. The largest absolute Gasteiger partial charge is 0.416 e. The molecule has 0 spiro atoms. The zero-order valence-corrected chi connectivity index (χ0v) is 18.6. The Labute approximate surface area is 193 Å². The third-order valence-electron chi connectivity index (χ3n) is 6.02. The topological polar surface area (TPSA) is 83.5 Å². The molecular formula is C24H19F4NO4S. The molecule has 1 aliphatic carbocycles. The van der Waals surface area contributed by atoms with Gasteiger partial charge in [-0.2, -0.15) is 13.2 Å². The number of alkyl halides is 3. The van der Waals surface area contributed by atoms with Crippen molar-refractivity contribution < 1.29 is 35.9 Å². The Hall–Kier alpha value is -3.16. The van der Waals surface area contributed by atoms with Crippen LogP contribution in [-0.4, -0.2) is 25.0 Å². The standard InChI is InChI=1S/C24H19F4NO4S/c1-2-8-23(31,21(30)29-17-4-6-20-15(12-17)7-11-34(20,32)33)14-22(9-10-22)18-13-16(24(26,27)28)3-5-19(18)25/h3-7,11-13,31H,9-10,14H2,1H3,(H,29,30). The van der Waals surface area contributed by atoms with Gasteiger partial charge >= 0.3 is 6.18 Å². The number of halogens is 4. The predicted molar refractivity (Wildman–Crippen MR) is 117 cm³/mol. The van der Waals surface area contributed by atoms with Crippen molar-refractivity contribution in [2.45, 2.75) is 48.3 Å². The van der Waals surface area contributed by atoms with Crippen molar-refractivity contribution in [3.8, 4) is 11.8 Å². The second kappa shape index (κ2) is 7.96. The monoisotopic (exact) mass is 493 g/mol. The smallest absolute Gasteiger partial charge is 0.369 e. The summed E-state index contributed by atoms with van der Waals surface area (Å²) in [7, 11) is -3.53. The van der Waals surface area contributed by atoms with E-state index >= 15 is 0 Å². The molecule has 1 unspecified atom stereocenters.